The first-order chi connectivity index (χ1) is 9.94. The summed E-state index contributed by atoms with van der Waals surface area (Å²) in [5.41, 5.74) is 2.63. The fraction of sp³-hybridized carbons (Fsp3) is 0.286. The summed E-state index contributed by atoms with van der Waals surface area (Å²) < 4.78 is 40.8. The minimum absolute atomic E-state index is 0.160. The lowest BCUT2D eigenvalue weighted by molar-refractivity contribution is 0.555. The molecule has 0 aliphatic carbocycles. The predicted molar refractivity (Wildman–Crippen MR) is 82.2 cm³/mol. The third kappa shape index (κ3) is 3.88. The summed E-state index contributed by atoms with van der Waals surface area (Å²) in [6, 6.07) is 4.10. The Kier molecular flexibility index (Phi) is 5.10. The lowest BCUT2D eigenvalue weighted by atomic mass is 10.2. The van der Waals surface area contributed by atoms with Crippen molar-refractivity contribution < 1.29 is 12.8 Å². The molecule has 0 radical (unpaired) electrons. The fourth-order valence-electron chi connectivity index (χ4n) is 1.89. The number of sulfonamides is 1. The molecule has 0 aliphatic rings. The quantitative estimate of drug-likeness (QED) is 0.856. The molecule has 0 unspecified atom stereocenters. The van der Waals surface area contributed by atoms with E-state index in [2.05, 4.69) is 10.0 Å². The summed E-state index contributed by atoms with van der Waals surface area (Å²) in [6.45, 7) is 2.55. The first-order valence-electron chi connectivity index (χ1n) is 6.38. The third-order valence-electron chi connectivity index (χ3n) is 3.08. The summed E-state index contributed by atoms with van der Waals surface area (Å²) in [7, 11) is -2.13. The van der Waals surface area contributed by atoms with E-state index >= 15 is 0 Å². The topological polar surface area (TPSA) is 58.2 Å². The van der Waals surface area contributed by atoms with E-state index in [0.29, 0.717) is 12.1 Å². The lowest BCUT2D eigenvalue weighted by Gasteiger charge is -2.09. The van der Waals surface area contributed by atoms with Crippen molar-refractivity contribution in [2.24, 2.45) is 0 Å². The van der Waals surface area contributed by atoms with Gasteiger partial charge in [-0.3, -0.25) is 0 Å². The highest BCUT2D eigenvalue weighted by Crippen LogP contribution is 2.18. The van der Waals surface area contributed by atoms with Gasteiger partial charge >= 0.3 is 0 Å². The van der Waals surface area contributed by atoms with Gasteiger partial charge in [-0.15, -0.1) is 0 Å². The van der Waals surface area contributed by atoms with Crippen LogP contribution in [0.1, 0.15) is 16.7 Å². The molecule has 1 aromatic carbocycles. The molecule has 1 heterocycles. The highest BCUT2D eigenvalue weighted by Gasteiger charge is 2.19. The molecular weight excluding hydrogens is 311 g/mol. The van der Waals surface area contributed by atoms with Crippen molar-refractivity contribution >= 4 is 21.4 Å². The lowest BCUT2D eigenvalue weighted by Crippen LogP contribution is -2.24. The number of benzene rings is 1. The maximum Gasteiger partial charge on any atom is 0.243 e. The summed E-state index contributed by atoms with van der Waals surface area (Å²) in [5.74, 6) is -0.746. The molecule has 0 saturated carbocycles. The van der Waals surface area contributed by atoms with E-state index in [1.54, 1.807) is 13.1 Å². The number of hydrogen-bond acceptors (Lipinski definition) is 4. The summed E-state index contributed by atoms with van der Waals surface area (Å²) in [5, 5.41) is 6.73. The molecule has 0 aliphatic heterocycles. The van der Waals surface area contributed by atoms with Gasteiger partial charge in [0.05, 0.1) is 0 Å². The fourth-order valence-corrected chi connectivity index (χ4v) is 3.88. The second-order valence-corrected chi connectivity index (χ2v) is 7.18. The van der Waals surface area contributed by atoms with Gasteiger partial charge in [-0.1, -0.05) is 6.07 Å². The Hall–Kier alpha value is -1.28. The van der Waals surface area contributed by atoms with Gasteiger partial charge in [0, 0.05) is 13.1 Å². The SMILES string of the molecule is CNCc1ccc(F)c(S(=O)(=O)NCc2cscc2C)c1. The van der Waals surface area contributed by atoms with Crippen LogP contribution in [0.15, 0.2) is 33.9 Å². The van der Waals surface area contributed by atoms with Gasteiger partial charge in [-0.2, -0.15) is 11.3 Å². The van der Waals surface area contributed by atoms with Crippen LogP contribution in [0.3, 0.4) is 0 Å². The Morgan fingerprint density at radius 3 is 2.62 bits per heavy atom. The zero-order valence-corrected chi connectivity index (χ0v) is 13.4. The monoisotopic (exact) mass is 328 g/mol. The van der Waals surface area contributed by atoms with Gasteiger partial charge < -0.3 is 5.32 Å². The van der Waals surface area contributed by atoms with Crippen LogP contribution in [-0.2, 0) is 23.1 Å². The number of thiophene rings is 1. The predicted octanol–water partition coefficient (Wildman–Crippen LogP) is 2.39. The van der Waals surface area contributed by atoms with E-state index in [0.717, 1.165) is 11.1 Å². The van der Waals surface area contributed by atoms with Crippen LogP contribution in [-0.4, -0.2) is 15.5 Å². The first-order valence-corrected chi connectivity index (χ1v) is 8.81. The second kappa shape index (κ2) is 6.65. The molecule has 114 valence electrons. The summed E-state index contributed by atoms with van der Waals surface area (Å²) >= 11 is 1.51. The molecule has 2 rings (SSSR count). The van der Waals surface area contributed by atoms with Crippen LogP contribution >= 0.6 is 11.3 Å². The molecule has 0 amide bonds. The minimum atomic E-state index is -3.87. The van der Waals surface area contributed by atoms with Gasteiger partial charge in [-0.05, 0) is 53.6 Å². The van der Waals surface area contributed by atoms with Crippen LogP contribution in [0.4, 0.5) is 4.39 Å². The van der Waals surface area contributed by atoms with Crippen molar-refractivity contribution in [1.82, 2.24) is 10.0 Å². The van der Waals surface area contributed by atoms with E-state index in [1.165, 1.54) is 23.5 Å². The summed E-state index contributed by atoms with van der Waals surface area (Å²) in [6.07, 6.45) is 0. The standard InChI is InChI=1S/C14H17FN2O2S2/c1-10-8-20-9-12(10)7-17-21(18,19)14-5-11(6-16-2)3-4-13(14)15/h3-5,8-9,16-17H,6-7H2,1-2H3. The molecule has 0 fully saturated rings. The smallest absolute Gasteiger partial charge is 0.243 e. The van der Waals surface area contributed by atoms with Crippen LogP contribution < -0.4 is 10.0 Å². The highest BCUT2D eigenvalue weighted by molar-refractivity contribution is 7.89. The van der Waals surface area contributed by atoms with Crippen LogP contribution in [0.5, 0.6) is 0 Å². The zero-order valence-electron chi connectivity index (χ0n) is 11.8. The highest BCUT2D eigenvalue weighted by atomic mass is 32.2. The van der Waals surface area contributed by atoms with Crippen molar-refractivity contribution in [3.05, 3.63) is 51.5 Å². The third-order valence-corrected chi connectivity index (χ3v) is 5.41. The second-order valence-electron chi connectivity index (χ2n) is 4.70. The molecular formula is C14H17FN2O2S2. The van der Waals surface area contributed by atoms with E-state index in [4.69, 9.17) is 0 Å². The Bertz CT molecular complexity index is 726. The number of aryl methyl sites for hydroxylation is 1. The number of nitrogens with one attached hydrogen (secondary N) is 2. The van der Waals surface area contributed by atoms with E-state index < -0.39 is 15.8 Å². The number of halogens is 1. The van der Waals surface area contributed by atoms with Gasteiger partial charge in [0.2, 0.25) is 10.0 Å². The van der Waals surface area contributed by atoms with Gasteiger partial charge in [0.1, 0.15) is 10.7 Å². The molecule has 0 saturated heterocycles. The van der Waals surface area contributed by atoms with E-state index in [-0.39, 0.29) is 11.4 Å². The van der Waals surface area contributed by atoms with Crippen LogP contribution in [0, 0.1) is 12.7 Å². The van der Waals surface area contributed by atoms with Crippen LogP contribution in [0.2, 0.25) is 0 Å². The molecule has 21 heavy (non-hydrogen) atoms. The molecule has 4 nitrogen and oxygen atoms in total. The molecule has 0 bridgehead atoms. The van der Waals surface area contributed by atoms with Crippen LogP contribution in [0.25, 0.3) is 0 Å². The number of hydrogen-bond donors (Lipinski definition) is 2. The van der Waals surface area contributed by atoms with E-state index in [1.807, 2.05) is 17.7 Å². The van der Waals surface area contributed by atoms with Crippen molar-refractivity contribution in [2.75, 3.05) is 7.05 Å². The van der Waals surface area contributed by atoms with Crippen molar-refractivity contribution in [3.8, 4) is 0 Å². The largest absolute Gasteiger partial charge is 0.316 e. The van der Waals surface area contributed by atoms with E-state index in [9.17, 15) is 12.8 Å². The molecule has 2 N–H and O–H groups in total. The Morgan fingerprint density at radius 2 is 2.00 bits per heavy atom. The normalized spacial score (nSPS) is 11.8. The average Bonchev–Trinajstić information content (AvgIpc) is 2.84. The zero-order chi connectivity index (χ0) is 15.5. The van der Waals surface area contributed by atoms with Gasteiger partial charge in [0.25, 0.3) is 0 Å². The maximum absolute atomic E-state index is 13.8. The Labute approximate surface area is 128 Å². The Balaban J connectivity index is 2.22. The molecule has 0 spiro atoms. The summed E-state index contributed by atoms with van der Waals surface area (Å²) in [4.78, 5) is -0.317. The van der Waals surface area contributed by atoms with Gasteiger partial charge in [0.15, 0.2) is 0 Å². The molecule has 1 aromatic heterocycles. The molecule has 7 heteroatoms. The molecule has 2 aromatic rings. The van der Waals surface area contributed by atoms with Gasteiger partial charge in [-0.25, -0.2) is 17.5 Å². The Morgan fingerprint density at radius 1 is 1.24 bits per heavy atom. The number of rotatable bonds is 6. The van der Waals surface area contributed by atoms with Crippen molar-refractivity contribution in [1.29, 1.82) is 0 Å². The first kappa shape index (κ1) is 16.1. The maximum atomic E-state index is 13.8. The van der Waals surface area contributed by atoms with Crippen molar-refractivity contribution in [3.63, 3.8) is 0 Å². The van der Waals surface area contributed by atoms with Crippen molar-refractivity contribution in [2.45, 2.75) is 24.9 Å². The average molecular weight is 328 g/mol. The molecule has 0 atom stereocenters. The minimum Gasteiger partial charge on any atom is -0.316 e.